The summed E-state index contributed by atoms with van der Waals surface area (Å²) in [5.41, 5.74) is 1.86. The molecule has 3 N–H and O–H groups in total. The van der Waals surface area contributed by atoms with Gasteiger partial charge in [-0.05, 0) is 43.2 Å². The second-order valence-corrected chi connectivity index (χ2v) is 9.86. The maximum absolute atomic E-state index is 12.8. The van der Waals surface area contributed by atoms with Gasteiger partial charge in [-0.15, -0.1) is 0 Å². The first-order valence-electron chi connectivity index (χ1n) is 12.5. The molecule has 2 aliphatic heterocycles. The van der Waals surface area contributed by atoms with Crippen LogP contribution in [0.2, 0.25) is 5.02 Å². The van der Waals surface area contributed by atoms with Crippen molar-refractivity contribution >= 4 is 46.0 Å². The van der Waals surface area contributed by atoms with Crippen molar-refractivity contribution in [3.8, 4) is 0 Å². The number of piperidine rings is 1. The molecule has 2 aromatic carbocycles. The van der Waals surface area contributed by atoms with Gasteiger partial charge in [0, 0.05) is 48.5 Å². The topological polar surface area (TPSA) is 115 Å². The molecule has 1 spiro atoms. The van der Waals surface area contributed by atoms with Gasteiger partial charge in [0.2, 0.25) is 5.91 Å². The third kappa shape index (κ3) is 6.62. The number of pyridine rings is 1. The number of fused-ring (bicyclic) bond motifs is 1. The summed E-state index contributed by atoms with van der Waals surface area (Å²) < 4.78 is 31.7. The number of para-hydroxylation sites is 1. The fourth-order valence-corrected chi connectivity index (χ4v) is 5.02. The number of carbonyl (C=O) groups is 3. The van der Waals surface area contributed by atoms with E-state index in [1.165, 1.54) is 0 Å². The summed E-state index contributed by atoms with van der Waals surface area (Å²) in [4.78, 5) is 43.1. The zero-order valence-corrected chi connectivity index (χ0v) is 22.0. The number of aliphatic carboxylic acids is 1. The van der Waals surface area contributed by atoms with Crippen LogP contribution in [0.25, 0.3) is 10.9 Å². The number of benzene rings is 2. The Morgan fingerprint density at radius 2 is 1.80 bits per heavy atom. The SMILES string of the molecule is O=C(NCCN1CCC2(CC1)C(=O)NCN2c1cccc(Cl)c1)c1cnc2ccccc2c1.O=C(O)C(F)(F)F. The van der Waals surface area contributed by atoms with Crippen molar-refractivity contribution in [3.63, 3.8) is 0 Å². The largest absolute Gasteiger partial charge is 0.490 e. The third-order valence-corrected chi connectivity index (χ3v) is 7.18. The number of carbonyl (C=O) groups excluding carboxylic acids is 2. The molecule has 212 valence electrons. The van der Waals surface area contributed by atoms with Gasteiger partial charge >= 0.3 is 12.1 Å². The monoisotopic (exact) mass is 577 g/mol. The normalized spacial score (nSPS) is 16.8. The first-order chi connectivity index (χ1) is 19.0. The Balaban J connectivity index is 0.000000470. The lowest BCUT2D eigenvalue weighted by Crippen LogP contribution is -2.57. The molecule has 3 heterocycles. The molecule has 0 bridgehead atoms. The molecule has 5 rings (SSSR count). The summed E-state index contributed by atoms with van der Waals surface area (Å²) in [6, 6.07) is 17.3. The maximum Gasteiger partial charge on any atom is 0.490 e. The quantitative estimate of drug-likeness (QED) is 0.424. The number of carboxylic acids is 1. The Hall–Kier alpha value is -3.90. The standard InChI is InChI=1S/C25H26ClN5O2.C2HF3O2/c26-20-5-3-6-21(15-20)31-17-29-24(33)25(31)8-11-30(12-9-25)13-10-27-23(32)19-14-18-4-1-2-7-22(18)28-16-19;3-2(4,5)1(6)7/h1-7,14-16H,8-13,17H2,(H,27,32)(H,29,33);(H,6,7). The van der Waals surface area contributed by atoms with Gasteiger partial charge in [-0.25, -0.2) is 4.79 Å². The number of halogens is 4. The number of aromatic nitrogens is 1. The van der Waals surface area contributed by atoms with Crippen molar-refractivity contribution in [3.05, 3.63) is 71.4 Å². The number of likely N-dealkylation sites (tertiary alicyclic amines) is 1. The fourth-order valence-electron chi connectivity index (χ4n) is 4.84. The molecule has 13 heteroatoms. The number of nitrogens with one attached hydrogen (secondary N) is 2. The van der Waals surface area contributed by atoms with Crippen LogP contribution in [-0.4, -0.2) is 77.3 Å². The van der Waals surface area contributed by atoms with Crippen molar-refractivity contribution in [2.75, 3.05) is 37.7 Å². The highest BCUT2D eigenvalue weighted by Crippen LogP contribution is 2.36. The third-order valence-electron chi connectivity index (χ3n) is 6.95. The molecule has 0 unspecified atom stereocenters. The van der Waals surface area contributed by atoms with Crippen LogP contribution in [0.15, 0.2) is 60.8 Å². The minimum atomic E-state index is -5.08. The molecule has 1 aromatic heterocycles. The zero-order chi connectivity index (χ0) is 28.9. The van der Waals surface area contributed by atoms with Gasteiger partial charge in [0.1, 0.15) is 5.54 Å². The number of anilines is 1. The van der Waals surface area contributed by atoms with Gasteiger partial charge in [-0.1, -0.05) is 35.9 Å². The molecule has 9 nitrogen and oxygen atoms in total. The molecule has 0 aliphatic carbocycles. The number of nitrogens with zero attached hydrogens (tertiary/aromatic N) is 3. The molecular formula is C27H27ClF3N5O4. The number of carboxylic acid groups (broad SMARTS) is 1. The molecule has 2 fully saturated rings. The van der Waals surface area contributed by atoms with Crippen molar-refractivity contribution in [1.29, 1.82) is 0 Å². The number of rotatable bonds is 5. The van der Waals surface area contributed by atoms with E-state index in [0.717, 1.165) is 49.1 Å². The summed E-state index contributed by atoms with van der Waals surface area (Å²) >= 11 is 6.19. The molecule has 0 atom stereocenters. The molecule has 0 radical (unpaired) electrons. The lowest BCUT2D eigenvalue weighted by atomic mass is 9.85. The highest BCUT2D eigenvalue weighted by Gasteiger charge is 2.50. The number of hydrogen-bond donors (Lipinski definition) is 3. The highest BCUT2D eigenvalue weighted by molar-refractivity contribution is 6.30. The Labute approximate surface area is 232 Å². The van der Waals surface area contributed by atoms with E-state index >= 15 is 0 Å². The predicted molar refractivity (Wildman–Crippen MR) is 143 cm³/mol. The van der Waals surface area contributed by atoms with Gasteiger partial charge in [0.15, 0.2) is 0 Å². The van der Waals surface area contributed by atoms with E-state index in [1.54, 1.807) is 6.20 Å². The first kappa shape index (κ1) is 29.1. The number of hydrogen-bond acceptors (Lipinski definition) is 6. The number of alkyl halides is 3. The minimum Gasteiger partial charge on any atom is -0.475 e. The van der Waals surface area contributed by atoms with Crippen molar-refractivity contribution in [2.24, 2.45) is 0 Å². The second-order valence-electron chi connectivity index (χ2n) is 9.42. The van der Waals surface area contributed by atoms with Gasteiger partial charge in [-0.2, -0.15) is 13.2 Å². The minimum absolute atomic E-state index is 0.0826. The van der Waals surface area contributed by atoms with Crippen molar-refractivity contribution in [2.45, 2.75) is 24.6 Å². The highest BCUT2D eigenvalue weighted by atomic mass is 35.5. The fraction of sp³-hybridized carbons (Fsp3) is 0.333. The van der Waals surface area contributed by atoms with E-state index in [-0.39, 0.29) is 11.8 Å². The Kier molecular flexibility index (Phi) is 8.79. The molecule has 2 amide bonds. The van der Waals surface area contributed by atoms with Crippen LogP contribution in [-0.2, 0) is 9.59 Å². The molecule has 2 aliphatic rings. The van der Waals surface area contributed by atoms with Gasteiger partial charge in [0.25, 0.3) is 5.91 Å². The average molecular weight is 578 g/mol. The maximum atomic E-state index is 12.8. The summed E-state index contributed by atoms with van der Waals surface area (Å²) in [7, 11) is 0. The van der Waals surface area contributed by atoms with E-state index in [9.17, 15) is 22.8 Å². The molecular weight excluding hydrogens is 551 g/mol. The Bertz CT molecular complexity index is 1400. The summed E-state index contributed by atoms with van der Waals surface area (Å²) in [6.45, 7) is 3.36. The van der Waals surface area contributed by atoms with E-state index in [2.05, 4.69) is 25.4 Å². The van der Waals surface area contributed by atoms with Crippen LogP contribution in [0, 0.1) is 0 Å². The Morgan fingerprint density at radius 1 is 1.10 bits per heavy atom. The van der Waals surface area contributed by atoms with Crippen LogP contribution in [0.5, 0.6) is 0 Å². The van der Waals surface area contributed by atoms with E-state index in [4.69, 9.17) is 21.5 Å². The summed E-state index contributed by atoms with van der Waals surface area (Å²) in [6.07, 6.45) is -2.01. The molecule has 0 saturated carbocycles. The van der Waals surface area contributed by atoms with E-state index in [0.29, 0.717) is 23.8 Å². The van der Waals surface area contributed by atoms with Gasteiger partial charge in [0.05, 0.1) is 17.7 Å². The predicted octanol–water partition coefficient (Wildman–Crippen LogP) is 3.68. The van der Waals surface area contributed by atoms with Crippen LogP contribution < -0.4 is 15.5 Å². The van der Waals surface area contributed by atoms with Crippen LogP contribution in [0.4, 0.5) is 18.9 Å². The van der Waals surface area contributed by atoms with Crippen LogP contribution in [0.3, 0.4) is 0 Å². The summed E-state index contributed by atoms with van der Waals surface area (Å²) in [5, 5.41) is 14.7. The lowest BCUT2D eigenvalue weighted by molar-refractivity contribution is -0.192. The number of amides is 2. The second kappa shape index (κ2) is 12.1. The van der Waals surface area contributed by atoms with Crippen molar-refractivity contribution in [1.82, 2.24) is 20.5 Å². The van der Waals surface area contributed by atoms with Gasteiger partial charge in [-0.3, -0.25) is 14.6 Å². The lowest BCUT2D eigenvalue weighted by Gasteiger charge is -2.43. The smallest absolute Gasteiger partial charge is 0.475 e. The van der Waals surface area contributed by atoms with Crippen LogP contribution >= 0.6 is 11.6 Å². The van der Waals surface area contributed by atoms with E-state index < -0.39 is 17.7 Å². The van der Waals surface area contributed by atoms with E-state index in [1.807, 2.05) is 54.6 Å². The average Bonchev–Trinajstić information content (AvgIpc) is 3.24. The summed E-state index contributed by atoms with van der Waals surface area (Å²) in [5.74, 6) is -2.80. The molecule has 3 aromatic rings. The Morgan fingerprint density at radius 3 is 2.48 bits per heavy atom. The van der Waals surface area contributed by atoms with Gasteiger partial charge < -0.3 is 25.5 Å². The van der Waals surface area contributed by atoms with Crippen LogP contribution in [0.1, 0.15) is 23.2 Å². The first-order valence-corrected chi connectivity index (χ1v) is 12.8. The molecule has 40 heavy (non-hydrogen) atoms. The molecule has 2 saturated heterocycles. The van der Waals surface area contributed by atoms with Crippen molar-refractivity contribution < 1.29 is 32.7 Å². The zero-order valence-electron chi connectivity index (χ0n) is 21.2.